The van der Waals surface area contributed by atoms with Gasteiger partial charge in [-0.15, -0.1) is 0 Å². The van der Waals surface area contributed by atoms with Crippen molar-refractivity contribution in [2.24, 2.45) is 0 Å². The molecule has 1 fully saturated rings. The van der Waals surface area contributed by atoms with Gasteiger partial charge >= 0.3 is 0 Å². The zero-order valence-electron chi connectivity index (χ0n) is 16.6. The fourth-order valence-corrected chi connectivity index (χ4v) is 4.68. The second kappa shape index (κ2) is 7.23. The molecule has 1 aromatic heterocycles. The molecule has 3 aromatic rings. The first-order valence-corrected chi connectivity index (χ1v) is 10.3. The van der Waals surface area contributed by atoms with E-state index in [9.17, 15) is 9.18 Å². The van der Waals surface area contributed by atoms with Crippen molar-refractivity contribution in [3.8, 4) is 0 Å². The van der Waals surface area contributed by atoms with Gasteiger partial charge in [0.1, 0.15) is 5.82 Å². The first kappa shape index (κ1) is 18.3. The van der Waals surface area contributed by atoms with Crippen LogP contribution in [-0.2, 0) is 6.42 Å². The number of carbonyl (C=O) groups is 1. The van der Waals surface area contributed by atoms with Crippen LogP contribution in [0.4, 0.5) is 10.1 Å². The van der Waals surface area contributed by atoms with Crippen LogP contribution in [0, 0.1) is 5.82 Å². The van der Waals surface area contributed by atoms with Crippen LogP contribution in [0.2, 0.25) is 0 Å². The van der Waals surface area contributed by atoms with Crippen LogP contribution in [-0.4, -0.2) is 42.5 Å². The molecule has 0 atom stereocenters. The number of aromatic nitrogens is 1. The lowest BCUT2D eigenvalue weighted by Gasteiger charge is -2.29. The molecule has 4 nitrogen and oxygen atoms in total. The zero-order valence-corrected chi connectivity index (χ0v) is 16.6. The minimum Gasteiger partial charge on any atom is -0.308 e. The Hall–Kier alpha value is -2.79. The number of pyridine rings is 1. The van der Waals surface area contributed by atoms with Crippen molar-refractivity contribution in [3.05, 3.63) is 71.3 Å². The minimum absolute atomic E-state index is 0.127. The number of hydrogen-bond donors (Lipinski definition) is 0. The summed E-state index contributed by atoms with van der Waals surface area (Å²) >= 11 is 0. The number of benzene rings is 2. The molecule has 5 heteroatoms. The van der Waals surface area contributed by atoms with Crippen molar-refractivity contribution in [1.29, 1.82) is 0 Å². The highest BCUT2D eigenvalue weighted by atomic mass is 19.1. The standard InChI is InChI=1S/C24H24FN3O/c1-27-11-7-16(8-12-27)23-20-15-22-18(14-17(20)6-10-26-23)9-13-28(22)24(29)19-4-2-3-5-21(19)25/h2-6,10,14-16H,7-9,11-13H2,1H3. The molecule has 5 rings (SSSR count). The number of rotatable bonds is 2. The molecule has 0 bridgehead atoms. The average molecular weight is 389 g/mol. The van der Waals surface area contributed by atoms with Crippen LogP contribution in [0.1, 0.15) is 40.4 Å². The Bertz CT molecular complexity index is 1090. The van der Waals surface area contributed by atoms with E-state index in [-0.39, 0.29) is 11.5 Å². The Labute approximate surface area is 170 Å². The molecule has 3 heterocycles. The van der Waals surface area contributed by atoms with E-state index in [1.54, 1.807) is 23.1 Å². The second-order valence-corrected chi connectivity index (χ2v) is 8.16. The van der Waals surface area contributed by atoms with E-state index in [4.69, 9.17) is 4.98 Å². The summed E-state index contributed by atoms with van der Waals surface area (Å²) in [6.07, 6.45) is 4.88. The monoisotopic (exact) mass is 389 g/mol. The number of hydrogen-bond acceptors (Lipinski definition) is 3. The van der Waals surface area contributed by atoms with Crippen molar-refractivity contribution in [3.63, 3.8) is 0 Å². The number of piperidine rings is 1. The summed E-state index contributed by atoms with van der Waals surface area (Å²) < 4.78 is 14.2. The summed E-state index contributed by atoms with van der Waals surface area (Å²) in [7, 11) is 2.16. The zero-order chi connectivity index (χ0) is 20.0. The summed E-state index contributed by atoms with van der Waals surface area (Å²) in [5.74, 6) is -0.309. The number of likely N-dealkylation sites (tertiary alicyclic amines) is 1. The molecule has 0 unspecified atom stereocenters. The van der Waals surface area contributed by atoms with Crippen LogP contribution in [0.25, 0.3) is 10.8 Å². The molecule has 2 aliphatic heterocycles. The summed E-state index contributed by atoms with van der Waals surface area (Å²) in [6, 6.07) is 12.5. The van der Waals surface area contributed by atoms with Crippen molar-refractivity contribution < 1.29 is 9.18 Å². The Kier molecular flexibility index (Phi) is 4.55. The van der Waals surface area contributed by atoms with E-state index in [1.165, 1.54) is 11.5 Å². The van der Waals surface area contributed by atoms with Crippen LogP contribution < -0.4 is 4.90 Å². The SMILES string of the molecule is CN1CCC(c2nccc3cc4c(cc23)N(C(=O)c2ccccc2F)CC4)CC1. The van der Waals surface area contributed by atoms with Crippen molar-refractivity contribution in [1.82, 2.24) is 9.88 Å². The molecule has 0 radical (unpaired) electrons. The predicted molar refractivity (Wildman–Crippen MR) is 113 cm³/mol. The van der Waals surface area contributed by atoms with Gasteiger partial charge in [-0.2, -0.15) is 0 Å². The van der Waals surface area contributed by atoms with Gasteiger partial charge in [-0.3, -0.25) is 9.78 Å². The third-order valence-electron chi connectivity index (χ3n) is 6.34. The lowest BCUT2D eigenvalue weighted by atomic mass is 9.90. The van der Waals surface area contributed by atoms with Gasteiger partial charge < -0.3 is 9.80 Å². The first-order valence-electron chi connectivity index (χ1n) is 10.3. The van der Waals surface area contributed by atoms with Crippen molar-refractivity contribution >= 4 is 22.4 Å². The summed E-state index contributed by atoms with van der Waals surface area (Å²) in [5.41, 5.74) is 3.29. The average Bonchev–Trinajstić information content (AvgIpc) is 3.15. The van der Waals surface area contributed by atoms with E-state index in [2.05, 4.69) is 30.1 Å². The molecule has 1 amide bonds. The van der Waals surface area contributed by atoms with Crippen LogP contribution in [0.15, 0.2) is 48.7 Å². The summed E-state index contributed by atoms with van der Waals surface area (Å²) in [5, 5.41) is 2.29. The molecular formula is C24H24FN3O. The molecule has 1 saturated heterocycles. The molecular weight excluding hydrogens is 365 g/mol. The minimum atomic E-state index is -0.472. The lowest BCUT2D eigenvalue weighted by Crippen LogP contribution is -2.30. The molecule has 2 aliphatic rings. The quantitative estimate of drug-likeness (QED) is 0.652. The maximum absolute atomic E-state index is 14.2. The van der Waals surface area contributed by atoms with Crippen LogP contribution in [0.3, 0.4) is 0 Å². The number of anilines is 1. The number of halogens is 1. The number of fused-ring (bicyclic) bond motifs is 2. The van der Waals surface area contributed by atoms with E-state index in [0.717, 1.165) is 54.7 Å². The number of amides is 1. The van der Waals surface area contributed by atoms with Crippen molar-refractivity contribution in [2.75, 3.05) is 31.6 Å². The van der Waals surface area contributed by atoms with Gasteiger partial charge in [-0.25, -0.2) is 4.39 Å². The normalized spacial score (nSPS) is 17.7. The van der Waals surface area contributed by atoms with E-state index < -0.39 is 5.82 Å². The van der Waals surface area contributed by atoms with E-state index >= 15 is 0 Å². The highest BCUT2D eigenvalue weighted by Crippen LogP contribution is 2.37. The van der Waals surface area contributed by atoms with Crippen molar-refractivity contribution in [2.45, 2.75) is 25.2 Å². The third kappa shape index (κ3) is 3.19. The van der Waals surface area contributed by atoms with Gasteiger partial charge in [0.25, 0.3) is 5.91 Å². The molecule has 148 valence electrons. The molecule has 0 saturated carbocycles. The van der Waals surface area contributed by atoms with Gasteiger partial charge in [-0.05, 0) is 80.7 Å². The Balaban J connectivity index is 1.56. The predicted octanol–water partition coefficient (Wildman–Crippen LogP) is 4.39. The first-order chi connectivity index (χ1) is 14.1. The highest BCUT2D eigenvalue weighted by molar-refractivity contribution is 6.08. The largest absolute Gasteiger partial charge is 0.308 e. The number of carbonyl (C=O) groups excluding carboxylic acids is 1. The Morgan fingerprint density at radius 1 is 1.10 bits per heavy atom. The molecule has 0 aliphatic carbocycles. The Morgan fingerprint density at radius 2 is 1.90 bits per heavy atom. The van der Waals surface area contributed by atoms with Gasteiger partial charge in [0.05, 0.1) is 11.3 Å². The van der Waals surface area contributed by atoms with Crippen LogP contribution in [0.5, 0.6) is 0 Å². The fourth-order valence-electron chi connectivity index (χ4n) is 4.68. The molecule has 2 aromatic carbocycles. The Morgan fingerprint density at radius 3 is 2.69 bits per heavy atom. The van der Waals surface area contributed by atoms with Crippen LogP contribution >= 0.6 is 0 Å². The highest BCUT2D eigenvalue weighted by Gasteiger charge is 2.29. The summed E-state index contributed by atoms with van der Waals surface area (Å²) in [4.78, 5) is 21.9. The van der Waals surface area contributed by atoms with Gasteiger partial charge in [0, 0.05) is 29.7 Å². The maximum Gasteiger partial charge on any atom is 0.261 e. The lowest BCUT2D eigenvalue weighted by molar-refractivity contribution is 0.0985. The second-order valence-electron chi connectivity index (χ2n) is 8.16. The van der Waals surface area contributed by atoms with E-state index in [0.29, 0.717) is 12.5 Å². The topological polar surface area (TPSA) is 36.4 Å². The smallest absolute Gasteiger partial charge is 0.261 e. The maximum atomic E-state index is 14.2. The fraction of sp³-hybridized carbons (Fsp3) is 0.333. The van der Waals surface area contributed by atoms with Gasteiger partial charge in [-0.1, -0.05) is 12.1 Å². The summed E-state index contributed by atoms with van der Waals surface area (Å²) in [6.45, 7) is 2.73. The van der Waals surface area contributed by atoms with Gasteiger partial charge in [0.2, 0.25) is 0 Å². The van der Waals surface area contributed by atoms with E-state index in [1.807, 2.05) is 6.20 Å². The third-order valence-corrected chi connectivity index (χ3v) is 6.34. The van der Waals surface area contributed by atoms with Gasteiger partial charge in [0.15, 0.2) is 0 Å². The molecule has 0 spiro atoms. The molecule has 0 N–H and O–H groups in total. The molecule has 29 heavy (non-hydrogen) atoms. The number of nitrogens with zero attached hydrogens (tertiary/aromatic N) is 3.